The molecule has 82 valence electrons. The predicted molar refractivity (Wildman–Crippen MR) is 63.4 cm³/mol. The molecule has 0 unspecified atom stereocenters. The van der Waals surface area contributed by atoms with Gasteiger partial charge < -0.3 is 10.1 Å². The van der Waals surface area contributed by atoms with Crippen LogP contribution < -0.4 is 5.32 Å². The molecule has 1 fully saturated rings. The van der Waals surface area contributed by atoms with E-state index in [0.717, 1.165) is 12.8 Å². The van der Waals surface area contributed by atoms with Crippen molar-refractivity contribution >= 4 is 5.69 Å². The number of ether oxygens (including phenoxy) is 1. The number of hydrogen-bond donors (Lipinski definition) is 1. The molecule has 1 aliphatic carbocycles. The second kappa shape index (κ2) is 4.23. The highest BCUT2D eigenvalue weighted by Gasteiger charge is 2.28. The van der Waals surface area contributed by atoms with Crippen LogP contribution in [0.3, 0.4) is 0 Å². The van der Waals surface area contributed by atoms with Crippen LogP contribution >= 0.6 is 0 Å². The van der Waals surface area contributed by atoms with E-state index in [9.17, 15) is 0 Å². The SMILES string of the molecule is COC1CC(Nc2ccc(C)c(C)c2)C1. The van der Waals surface area contributed by atoms with Crippen LogP contribution in [0, 0.1) is 13.8 Å². The van der Waals surface area contributed by atoms with Gasteiger partial charge in [0.25, 0.3) is 0 Å². The van der Waals surface area contributed by atoms with Gasteiger partial charge in [0.15, 0.2) is 0 Å². The number of hydrogen-bond acceptors (Lipinski definition) is 2. The van der Waals surface area contributed by atoms with Crippen molar-refractivity contribution in [3.63, 3.8) is 0 Å². The highest BCUT2D eigenvalue weighted by atomic mass is 16.5. The summed E-state index contributed by atoms with van der Waals surface area (Å²) in [5.41, 5.74) is 3.93. The van der Waals surface area contributed by atoms with Crippen LogP contribution in [0.4, 0.5) is 5.69 Å². The number of aryl methyl sites for hydroxylation is 2. The van der Waals surface area contributed by atoms with Gasteiger partial charge in [-0.05, 0) is 49.9 Å². The Morgan fingerprint density at radius 1 is 1.20 bits per heavy atom. The van der Waals surface area contributed by atoms with Gasteiger partial charge in [-0.1, -0.05) is 6.07 Å². The van der Waals surface area contributed by atoms with Crippen LogP contribution in [0.5, 0.6) is 0 Å². The number of anilines is 1. The fourth-order valence-electron chi connectivity index (χ4n) is 1.94. The predicted octanol–water partition coefficient (Wildman–Crippen LogP) is 2.89. The van der Waals surface area contributed by atoms with Gasteiger partial charge in [0.05, 0.1) is 6.10 Å². The minimum atomic E-state index is 0.467. The Labute approximate surface area is 91.6 Å². The number of methoxy groups -OCH3 is 1. The molecule has 0 spiro atoms. The van der Waals surface area contributed by atoms with Crippen LogP contribution in [-0.4, -0.2) is 19.3 Å². The lowest BCUT2D eigenvalue weighted by molar-refractivity contribution is 0.0329. The van der Waals surface area contributed by atoms with E-state index in [4.69, 9.17) is 4.74 Å². The van der Waals surface area contributed by atoms with E-state index < -0.39 is 0 Å². The van der Waals surface area contributed by atoms with Gasteiger partial charge in [0.1, 0.15) is 0 Å². The lowest BCUT2D eigenvalue weighted by Gasteiger charge is -2.35. The first-order valence-corrected chi connectivity index (χ1v) is 5.55. The molecule has 1 aromatic carbocycles. The van der Waals surface area contributed by atoms with Gasteiger partial charge in [-0.25, -0.2) is 0 Å². The van der Waals surface area contributed by atoms with Gasteiger partial charge in [-0.15, -0.1) is 0 Å². The minimum Gasteiger partial charge on any atom is -0.382 e. The third-order valence-electron chi connectivity index (χ3n) is 3.31. The third kappa shape index (κ3) is 2.32. The molecule has 0 radical (unpaired) electrons. The van der Waals surface area contributed by atoms with Crippen LogP contribution in [-0.2, 0) is 4.74 Å². The summed E-state index contributed by atoms with van der Waals surface area (Å²) in [5.74, 6) is 0. The molecule has 0 aliphatic heterocycles. The van der Waals surface area contributed by atoms with Crippen molar-refractivity contribution in [2.45, 2.75) is 38.8 Å². The molecule has 1 aromatic rings. The van der Waals surface area contributed by atoms with Crippen LogP contribution in [0.15, 0.2) is 18.2 Å². The molecule has 0 bridgehead atoms. The van der Waals surface area contributed by atoms with E-state index in [2.05, 4.69) is 37.4 Å². The number of benzene rings is 1. The fraction of sp³-hybridized carbons (Fsp3) is 0.538. The van der Waals surface area contributed by atoms with E-state index >= 15 is 0 Å². The average molecular weight is 205 g/mol. The molecule has 15 heavy (non-hydrogen) atoms. The zero-order chi connectivity index (χ0) is 10.8. The van der Waals surface area contributed by atoms with E-state index in [1.165, 1.54) is 16.8 Å². The van der Waals surface area contributed by atoms with E-state index in [0.29, 0.717) is 12.1 Å². The van der Waals surface area contributed by atoms with Gasteiger partial charge in [0.2, 0.25) is 0 Å². The lowest BCUT2D eigenvalue weighted by Crippen LogP contribution is -2.40. The maximum atomic E-state index is 5.26. The molecule has 1 saturated carbocycles. The summed E-state index contributed by atoms with van der Waals surface area (Å²) in [4.78, 5) is 0. The van der Waals surface area contributed by atoms with E-state index in [-0.39, 0.29) is 0 Å². The Morgan fingerprint density at radius 3 is 2.53 bits per heavy atom. The fourth-order valence-corrected chi connectivity index (χ4v) is 1.94. The highest BCUT2D eigenvalue weighted by molar-refractivity contribution is 5.49. The molecule has 0 saturated heterocycles. The van der Waals surface area contributed by atoms with Crippen LogP contribution in [0.1, 0.15) is 24.0 Å². The monoisotopic (exact) mass is 205 g/mol. The average Bonchev–Trinajstić information content (AvgIpc) is 2.16. The van der Waals surface area contributed by atoms with Gasteiger partial charge in [-0.3, -0.25) is 0 Å². The first kappa shape index (κ1) is 10.5. The first-order valence-electron chi connectivity index (χ1n) is 5.55. The maximum Gasteiger partial charge on any atom is 0.0610 e. The molecule has 2 nitrogen and oxygen atoms in total. The quantitative estimate of drug-likeness (QED) is 0.819. The van der Waals surface area contributed by atoms with Crippen molar-refractivity contribution < 1.29 is 4.74 Å². The van der Waals surface area contributed by atoms with Crippen LogP contribution in [0.25, 0.3) is 0 Å². The topological polar surface area (TPSA) is 21.3 Å². The van der Waals surface area contributed by atoms with Gasteiger partial charge in [0, 0.05) is 18.8 Å². The molecular formula is C13H19NO. The summed E-state index contributed by atoms with van der Waals surface area (Å²) in [7, 11) is 1.79. The maximum absolute atomic E-state index is 5.26. The van der Waals surface area contributed by atoms with Crippen molar-refractivity contribution in [3.05, 3.63) is 29.3 Å². The highest BCUT2D eigenvalue weighted by Crippen LogP contribution is 2.26. The summed E-state index contributed by atoms with van der Waals surface area (Å²) < 4.78 is 5.26. The Morgan fingerprint density at radius 2 is 1.93 bits per heavy atom. The molecule has 2 heteroatoms. The summed E-state index contributed by atoms with van der Waals surface area (Å²) in [6.45, 7) is 4.29. The summed E-state index contributed by atoms with van der Waals surface area (Å²) >= 11 is 0. The van der Waals surface area contributed by atoms with E-state index in [1.807, 2.05) is 0 Å². The molecule has 1 aliphatic rings. The summed E-state index contributed by atoms with van der Waals surface area (Å²) in [6.07, 6.45) is 2.72. The third-order valence-corrected chi connectivity index (χ3v) is 3.31. The van der Waals surface area contributed by atoms with Gasteiger partial charge in [-0.2, -0.15) is 0 Å². The Hall–Kier alpha value is -1.02. The Balaban J connectivity index is 1.92. The van der Waals surface area contributed by atoms with Crippen molar-refractivity contribution in [1.29, 1.82) is 0 Å². The lowest BCUT2D eigenvalue weighted by atomic mass is 9.89. The molecular weight excluding hydrogens is 186 g/mol. The zero-order valence-corrected chi connectivity index (χ0v) is 9.71. The smallest absolute Gasteiger partial charge is 0.0610 e. The van der Waals surface area contributed by atoms with Crippen molar-refractivity contribution in [1.82, 2.24) is 0 Å². The summed E-state index contributed by atoms with van der Waals surface area (Å²) in [5, 5.41) is 3.53. The Kier molecular flexibility index (Phi) is 2.96. The van der Waals surface area contributed by atoms with Crippen molar-refractivity contribution in [2.24, 2.45) is 0 Å². The largest absolute Gasteiger partial charge is 0.382 e. The number of nitrogens with one attached hydrogen (secondary N) is 1. The second-order valence-corrected chi connectivity index (χ2v) is 4.47. The van der Waals surface area contributed by atoms with Gasteiger partial charge >= 0.3 is 0 Å². The molecule has 0 aromatic heterocycles. The van der Waals surface area contributed by atoms with Crippen molar-refractivity contribution in [2.75, 3.05) is 12.4 Å². The standard InChI is InChI=1S/C13H19NO/c1-9-4-5-11(6-10(9)2)14-12-7-13(8-12)15-3/h4-6,12-14H,7-8H2,1-3H3. The Bertz CT molecular complexity index is 342. The first-order chi connectivity index (χ1) is 7.19. The normalized spacial score (nSPS) is 24.7. The molecule has 0 heterocycles. The summed E-state index contributed by atoms with van der Waals surface area (Å²) in [6, 6.07) is 7.14. The molecule has 0 atom stereocenters. The molecule has 0 amide bonds. The van der Waals surface area contributed by atoms with Crippen LogP contribution in [0.2, 0.25) is 0 Å². The molecule has 1 N–H and O–H groups in total. The number of rotatable bonds is 3. The zero-order valence-electron chi connectivity index (χ0n) is 9.71. The van der Waals surface area contributed by atoms with E-state index in [1.54, 1.807) is 7.11 Å². The van der Waals surface area contributed by atoms with Crippen molar-refractivity contribution in [3.8, 4) is 0 Å². The minimum absolute atomic E-state index is 0.467. The molecule has 2 rings (SSSR count). The second-order valence-electron chi connectivity index (χ2n) is 4.47.